The van der Waals surface area contributed by atoms with Gasteiger partial charge in [-0.15, -0.1) is 11.3 Å². The maximum Gasteiger partial charge on any atom is 0.433 e. The van der Waals surface area contributed by atoms with Gasteiger partial charge in [0, 0.05) is 12.1 Å². The molecule has 0 atom stereocenters. The van der Waals surface area contributed by atoms with Crippen LogP contribution in [0.25, 0.3) is 16.2 Å². The maximum absolute atomic E-state index is 13.6. The second kappa shape index (κ2) is 7.36. The molecule has 4 rings (SSSR count). The van der Waals surface area contributed by atoms with Crippen molar-refractivity contribution in [3.8, 4) is 16.3 Å². The molecule has 4 aromatic rings. The van der Waals surface area contributed by atoms with E-state index in [1.54, 1.807) is 17.5 Å². The number of nitro groups is 1. The number of phenols is 1. The number of nitrogens with one attached hydrogen (secondary N) is 1. The average Bonchev–Trinajstić information content (AvgIpc) is 3.37. The molecule has 0 saturated carbocycles. The molecule has 158 valence electrons. The van der Waals surface area contributed by atoms with Gasteiger partial charge in [0.15, 0.2) is 17.0 Å². The standard InChI is InChI=1S/C18H10F3N5O4S/c19-18(20,21)15-7-11(14-2-1-5-31-14)22-16-8-12(24-25(15)16)17(28)23-10-4-3-9(26(29)30)6-13(10)27/h1-8,27H,(H,23,28). The molecular weight excluding hydrogens is 439 g/mol. The lowest BCUT2D eigenvalue weighted by Gasteiger charge is -2.10. The number of aromatic nitrogens is 3. The number of fused-ring (bicyclic) bond motifs is 1. The molecule has 0 aliphatic carbocycles. The highest BCUT2D eigenvalue weighted by molar-refractivity contribution is 7.13. The number of nitrogens with zero attached hydrogens (tertiary/aromatic N) is 4. The van der Waals surface area contributed by atoms with Crippen LogP contribution in [0.4, 0.5) is 24.5 Å². The molecule has 1 amide bonds. The molecule has 0 unspecified atom stereocenters. The molecule has 3 heterocycles. The molecule has 0 saturated heterocycles. The van der Waals surface area contributed by atoms with E-state index in [1.165, 1.54) is 11.3 Å². The highest BCUT2D eigenvalue weighted by atomic mass is 32.1. The van der Waals surface area contributed by atoms with E-state index in [9.17, 15) is 33.2 Å². The predicted octanol–water partition coefficient (Wildman–Crippen LogP) is 4.34. The van der Waals surface area contributed by atoms with Gasteiger partial charge in [0.1, 0.15) is 5.75 Å². The largest absolute Gasteiger partial charge is 0.506 e. The van der Waals surface area contributed by atoms with Crippen molar-refractivity contribution in [1.29, 1.82) is 0 Å². The minimum absolute atomic E-state index is 0.0784. The van der Waals surface area contributed by atoms with Gasteiger partial charge in [-0.05, 0) is 23.6 Å². The van der Waals surface area contributed by atoms with Crippen LogP contribution in [-0.4, -0.2) is 30.5 Å². The van der Waals surface area contributed by atoms with Gasteiger partial charge in [-0.2, -0.15) is 18.3 Å². The Morgan fingerprint density at radius 2 is 2.00 bits per heavy atom. The number of alkyl halides is 3. The minimum atomic E-state index is -4.76. The first kappa shape index (κ1) is 20.3. The van der Waals surface area contributed by atoms with Crippen molar-refractivity contribution in [2.45, 2.75) is 6.18 Å². The van der Waals surface area contributed by atoms with Crippen LogP contribution >= 0.6 is 11.3 Å². The zero-order chi connectivity index (χ0) is 22.3. The van der Waals surface area contributed by atoms with Crippen molar-refractivity contribution in [1.82, 2.24) is 14.6 Å². The molecule has 0 bridgehead atoms. The smallest absolute Gasteiger partial charge is 0.433 e. The summed E-state index contributed by atoms with van der Waals surface area (Å²) in [4.78, 5) is 27.2. The van der Waals surface area contributed by atoms with Crippen molar-refractivity contribution in [2.75, 3.05) is 5.32 Å². The van der Waals surface area contributed by atoms with Crippen molar-refractivity contribution in [3.63, 3.8) is 0 Å². The Hall–Kier alpha value is -4.00. The first-order valence-electron chi connectivity index (χ1n) is 8.44. The van der Waals surface area contributed by atoms with E-state index in [-0.39, 0.29) is 22.7 Å². The molecule has 0 fully saturated rings. The summed E-state index contributed by atoms with van der Waals surface area (Å²) >= 11 is 1.21. The molecular formula is C18H10F3N5O4S. The fraction of sp³-hybridized carbons (Fsp3) is 0.0556. The van der Waals surface area contributed by atoms with E-state index in [1.807, 2.05) is 0 Å². The SMILES string of the molecule is O=C(Nc1ccc([N+](=O)[O-])cc1O)c1cc2nc(-c3cccs3)cc(C(F)(F)F)n2n1. The van der Waals surface area contributed by atoms with E-state index < -0.39 is 34.1 Å². The number of benzene rings is 1. The molecule has 9 nitrogen and oxygen atoms in total. The van der Waals surface area contributed by atoms with Crippen LogP contribution in [0, 0.1) is 10.1 Å². The van der Waals surface area contributed by atoms with E-state index >= 15 is 0 Å². The number of phenolic OH excluding ortho intramolecular Hbond substituents is 1. The lowest BCUT2D eigenvalue weighted by molar-refractivity contribution is -0.384. The van der Waals surface area contributed by atoms with Crippen LogP contribution in [0.1, 0.15) is 16.2 Å². The zero-order valence-electron chi connectivity index (χ0n) is 15.1. The first-order valence-corrected chi connectivity index (χ1v) is 9.32. The Balaban J connectivity index is 1.73. The monoisotopic (exact) mass is 449 g/mol. The molecule has 31 heavy (non-hydrogen) atoms. The Labute approximate surface area is 174 Å². The fourth-order valence-electron chi connectivity index (χ4n) is 2.76. The second-order valence-corrected chi connectivity index (χ2v) is 7.16. The molecule has 3 aromatic heterocycles. The summed E-state index contributed by atoms with van der Waals surface area (Å²) in [5, 5.41) is 28.3. The number of thiophene rings is 1. The number of nitro benzene ring substituents is 1. The topological polar surface area (TPSA) is 123 Å². The van der Waals surface area contributed by atoms with E-state index in [4.69, 9.17) is 0 Å². The van der Waals surface area contributed by atoms with E-state index in [0.29, 0.717) is 9.39 Å². The number of carbonyl (C=O) groups excluding carboxylic acids is 1. The molecule has 2 N–H and O–H groups in total. The van der Waals surface area contributed by atoms with Gasteiger partial charge in [0.25, 0.3) is 11.6 Å². The number of amides is 1. The average molecular weight is 449 g/mol. The normalized spacial score (nSPS) is 11.6. The summed E-state index contributed by atoms with van der Waals surface area (Å²) in [5.74, 6) is -1.51. The number of halogens is 3. The number of non-ortho nitro benzene ring substituents is 1. The van der Waals surface area contributed by atoms with Crippen LogP contribution in [0.3, 0.4) is 0 Å². The van der Waals surface area contributed by atoms with Gasteiger partial charge in [0.05, 0.1) is 27.2 Å². The minimum Gasteiger partial charge on any atom is -0.506 e. The summed E-state index contributed by atoms with van der Waals surface area (Å²) in [5.41, 5.74) is -2.19. The third-order valence-electron chi connectivity index (χ3n) is 4.16. The van der Waals surface area contributed by atoms with Crippen molar-refractivity contribution < 1.29 is 28.0 Å². The van der Waals surface area contributed by atoms with Gasteiger partial charge in [-0.3, -0.25) is 14.9 Å². The second-order valence-electron chi connectivity index (χ2n) is 6.21. The Kier molecular flexibility index (Phi) is 4.81. The summed E-state index contributed by atoms with van der Waals surface area (Å²) < 4.78 is 41.3. The Morgan fingerprint density at radius 1 is 1.23 bits per heavy atom. The van der Waals surface area contributed by atoms with Crippen LogP contribution in [0.15, 0.2) is 47.8 Å². The van der Waals surface area contributed by atoms with Crippen LogP contribution in [-0.2, 0) is 6.18 Å². The van der Waals surface area contributed by atoms with Gasteiger partial charge < -0.3 is 10.4 Å². The third kappa shape index (κ3) is 3.90. The highest BCUT2D eigenvalue weighted by Crippen LogP contribution is 2.34. The van der Waals surface area contributed by atoms with Crippen LogP contribution < -0.4 is 5.32 Å². The first-order chi connectivity index (χ1) is 14.6. The summed E-state index contributed by atoms with van der Waals surface area (Å²) in [6.45, 7) is 0. The number of hydrogen-bond acceptors (Lipinski definition) is 7. The number of carbonyl (C=O) groups is 1. The quantitative estimate of drug-likeness (QED) is 0.271. The van der Waals surface area contributed by atoms with Gasteiger partial charge in [-0.1, -0.05) is 6.07 Å². The molecule has 0 aliphatic rings. The lowest BCUT2D eigenvalue weighted by Crippen LogP contribution is -2.15. The molecule has 1 aromatic carbocycles. The Morgan fingerprint density at radius 3 is 2.61 bits per heavy atom. The van der Waals surface area contributed by atoms with Crippen molar-refractivity contribution >= 4 is 34.3 Å². The van der Waals surface area contributed by atoms with Gasteiger partial charge in [0.2, 0.25) is 0 Å². The molecule has 0 aliphatic heterocycles. The molecule has 0 radical (unpaired) electrons. The zero-order valence-corrected chi connectivity index (χ0v) is 15.9. The number of hydrogen-bond donors (Lipinski definition) is 2. The van der Waals surface area contributed by atoms with Crippen molar-refractivity contribution in [2.24, 2.45) is 0 Å². The predicted molar refractivity (Wildman–Crippen MR) is 104 cm³/mol. The van der Waals surface area contributed by atoms with Crippen LogP contribution in [0.2, 0.25) is 0 Å². The van der Waals surface area contributed by atoms with E-state index in [2.05, 4.69) is 15.4 Å². The fourth-order valence-corrected chi connectivity index (χ4v) is 3.45. The van der Waals surface area contributed by atoms with Crippen molar-refractivity contribution in [3.05, 3.63) is 69.3 Å². The van der Waals surface area contributed by atoms with Gasteiger partial charge in [-0.25, -0.2) is 9.50 Å². The van der Waals surface area contributed by atoms with Crippen LogP contribution in [0.5, 0.6) is 5.75 Å². The maximum atomic E-state index is 13.6. The summed E-state index contributed by atoms with van der Waals surface area (Å²) in [7, 11) is 0. The summed E-state index contributed by atoms with van der Waals surface area (Å²) in [6.07, 6.45) is -4.76. The van der Waals surface area contributed by atoms with Gasteiger partial charge >= 0.3 is 6.18 Å². The van der Waals surface area contributed by atoms with E-state index in [0.717, 1.165) is 30.3 Å². The molecule has 13 heteroatoms. The number of rotatable bonds is 4. The number of aromatic hydroxyl groups is 1. The highest BCUT2D eigenvalue weighted by Gasteiger charge is 2.35. The Bertz CT molecular complexity index is 1320. The lowest BCUT2D eigenvalue weighted by atomic mass is 10.2. The third-order valence-corrected chi connectivity index (χ3v) is 5.06. The number of anilines is 1. The molecule has 0 spiro atoms. The summed E-state index contributed by atoms with van der Waals surface area (Å²) in [6, 6.07) is 8.18.